The van der Waals surface area contributed by atoms with Crippen LogP contribution in [-0.4, -0.2) is 4.98 Å². The monoisotopic (exact) mass is 171 g/mol. The maximum Gasteiger partial charge on any atom is 0.0621 e. The Morgan fingerprint density at radius 3 is 2.09 bits per heavy atom. The second-order valence-corrected chi connectivity index (χ2v) is 2.47. The minimum Gasteiger partial charge on any atom is -0.263 e. The Morgan fingerprint density at radius 1 is 1.18 bits per heavy atom. The first kappa shape index (κ1) is 10.4. The van der Waals surface area contributed by atoms with E-state index in [0.717, 1.165) is 16.1 Å². The first-order chi connectivity index (χ1) is 5.22. The molecule has 0 amide bonds. The van der Waals surface area contributed by atoms with E-state index in [-0.39, 0.29) is 0 Å². The van der Waals surface area contributed by atoms with Crippen LogP contribution in [0.3, 0.4) is 0 Å². The molecule has 0 atom stereocenters. The largest absolute Gasteiger partial charge is 0.263 e. The SMILES string of the molecule is CC.Cc1cncc(Cl)c1C. The minimum atomic E-state index is 0.745. The van der Waals surface area contributed by atoms with Gasteiger partial charge in [-0.2, -0.15) is 0 Å². The first-order valence-corrected chi connectivity index (χ1v) is 4.16. The van der Waals surface area contributed by atoms with Crippen LogP contribution in [0.1, 0.15) is 25.0 Å². The Morgan fingerprint density at radius 2 is 1.73 bits per heavy atom. The molecule has 0 radical (unpaired) electrons. The molecule has 0 N–H and O–H groups in total. The molecule has 0 saturated heterocycles. The molecule has 1 rings (SSSR count). The van der Waals surface area contributed by atoms with Crippen LogP contribution in [-0.2, 0) is 0 Å². The van der Waals surface area contributed by atoms with E-state index < -0.39 is 0 Å². The lowest BCUT2D eigenvalue weighted by molar-refractivity contribution is 1.22. The number of aryl methyl sites for hydroxylation is 1. The van der Waals surface area contributed by atoms with Crippen molar-refractivity contribution in [1.82, 2.24) is 4.98 Å². The average molecular weight is 172 g/mol. The van der Waals surface area contributed by atoms with Crippen molar-refractivity contribution in [2.24, 2.45) is 0 Å². The second-order valence-electron chi connectivity index (χ2n) is 2.06. The minimum absolute atomic E-state index is 0.745. The van der Waals surface area contributed by atoms with Crippen LogP contribution in [0.15, 0.2) is 12.4 Å². The molecule has 0 bridgehead atoms. The molecule has 0 aliphatic carbocycles. The molecule has 0 saturated carbocycles. The van der Waals surface area contributed by atoms with Crippen LogP contribution in [0, 0.1) is 13.8 Å². The van der Waals surface area contributed by atoms with Gasteiger partial charge in [-0.15, -0.1) is 0 Å². The molecule has 0 aliphatic rings. The summed E-state index contributed by atoms with van der Waals surface area (Å²) in [7, 11) is 0. The Bertz CT molecular complexity index is 201. The molecule has 11 heavy (non-hydrogen) atoms. The first-order valence-electron chi connectivity index (χ1n) is 3.78. The summed E-state index contributed by atoms with van der Waals surface area (Å²) < 4.78 is 0. The maximum atomic E-state index is 5.75. The molecule has 0 unspecified atom stereocenters. The van der Waals surface area contributed by atoms with E-state index in [1.807, 2.05) is 27.7 Å². The molecular weight excluding hydrogens is 158 g/mol. The lowest BCUT2D eigenvalue weighted by Crippen LogP contribution is -1.82. The van der Waals surface area contributed by atoms with Crippen molar-refractivity contribution in [2.45, 2.75) is 27.7 Å². The van der Waals surface area contributed by atoms with Crippen molar-refractivity contribution in [3.63, 3.8) is 0 Å². The van der Waals surface area contributed by atoms with Crippen LogP contribution < -0.4 is 0 Å². The quantitative estimate of drug-likeness (QED) is 0.583. The number of halogens is 1. The molecular formula is C9H14ClN. The summed E-state index contributed by atoms with van der Waals surface area (Å²) in [5, 5.41) is 0.745. The second kappa shape index (κ2) is 5.14. The fraction of sp³-hybridized carbons (Fsp3) is 0.444. The molecule has 1 aromatic heterocycles. The van der Waals surface area contributed by atoms with Gasteiger partial charge in [0.15, 0.2) is 0 Å². The maximum absolute atomic E-state index is 5.75. The topological polar surface area (TPSA) is 12.9 Å². The van der Waals surface area contributed by atoms with Crippen LogP contribution in [0.2, 0.25) is 5.02 Å². The van der Waals surface area contributed by atoms with Crippen molar-refractivity contribution < 1.29 is 0 Å². The normalized spacial score (nSPS) is 8.45. The van der Waals surface area contributed by atoms with Gasteiger partial charge in [0.05, 0.1) is 5.02 Å². The van der Waals surface area contributed by atoms with E-state index in [1.54, 1.807) is 12.4 Å². The van der Waals surface area contributed by atoms with Crippen molar-refractivity contribution in [3.05, 3.63) is 28.5 Å². The van der Waals surface area contributed by atoms with Gasteiger partial charge < -0.3 is 0 Å². The van der Waals surface area contributed by atoms with Crippen LogP contribution >= 0.6 is 11.6 Å². The van der Waals surface area contributed by atoms with E-state index in [0.29, 0.717) is 0 Å². The molecule has 0 aromatic carbocycles. The number of aromatic nitrogens is 1. The third-order valence-corrected chi connectivity index (χ3v) is 1.79. The Labute approximate surface area is 73.4 Å². The summed E-state index contributed by atoms with van der Waals surface area (Å²) in [6.07, 6.45) is 3.46. The Hall–Kier alpha value is -0.560. The number of pyridine rings is 1. The zero-order valence-electron chi connectivity index (χ0n) is 7.48. The Kier molecular flexibility index (Phi) is 4.88. The van der Waals surface area contributed by atoms with Gasteiger partial charge in [0.1, 0.15) is 0 Å². The Balaban J connectivity index is 0.000000461. The highest BCUT2D eigenvalue weighted by molar-refractivity contribution is 6.31. The molecule has 0 fully saturated rings. The number of rotatable bonds is 0. The van der Waals surface area contributed by atoms with E-state index in [2.05, 4.69) is 4.98 Å². The fourth-order valence-corrected chi connectivity index (χ4v) is 0.802. The molecule has 0 aliphatic heterocycles. The van der Waals surface area contributed by atoms with Gasteiger partial charge in [0, 0.05) is 12.4 Å². The number of hydrogen-bond acceptors (Lipinski definition) is 1. The van der Waals surface area contributed by atoms with E-state index in [9.17, 15) is 0 Å². The van der Waals surface area contributed by atoms with Gasteiger partial charge in [0.2, 0.25) is 0 Å². The molecule has 1 nitrogen and oxygen atoms in total. The lowest BCUT2D eigenvalue weighted by atomic mass is 10.2. The summed E-state index contributed by atoms with van der Waals surface area (Å²) in [5.41, 5.74) is 2.26. The highest BCUT2D eigenvalue weighted by Crippen LogP contribution is 2.15. The zero-order chi connectivity index (χ0) is 8.85. The lowest BCUT2D eigenvalue weighted by Gasteiger charge is -1.97. The molecule has 1 heterocycles. The van der Waals surface area contributed by atoms with Crippen molar-refractivity contribution in [3.8, 4) is 0 Å². The summed E-state index contributed by atoms with van der Waals surface area (Å²) in [6, 6.07) is 0. The van der Waals surface area contributed by atoms with E-state index in [1.165, 1.54) is 0 Å². The highest BCUT2D eigenvalue weighted by Gasteiger charge is 1.95. The summed E-state index contributed by atoms with van der Waals surface area (Å²) in [5.74, 6) is 0. The van der Waals surface area contributed by atoms with Crippen LogP contribution in [0.25, 0.3) is 0 Å². The predicted molar refractivity (Wildman–Crippen MR) is 50.1 cm³/mol. The van der Waals surface area contributed by atoms with Gasteiger partial charge in [-0.25, -0.2) is 0 Å². The van der Waals surface area contributed by atoms with Crippen LogP contribution in [0.4, 0.5) is 0 Å². The molecule has 0 spiro atoms. The number of hydrogen-bond donors (Lipinski definition) is 0. The molecule has 1 aromatic rings. The van der Waals surface area contributed by atoms with E-state index in [4.69, 9.17) is 11.6 Å². The van der Waals surface area contributed by atoms with Crippen molar-refractivity contribution in [2.75, 3.05) is 0 Å². The van der Waals surface area contributed by atoms with Gasteiger partial charge in [-0.05, 0) is 25.0 Å². The third kappa shape index (κ3) is 2.89. The highest BCUT2D eigenvalue weighted by atomic mass is 35.5. The summed E-state index contributed by atoms with van der Waals surface area (Å²) in [4.78, 5) is 3.91. The number of nitrogens with zero attached hydrogens (tertiary/aromatic N) is 1. The third-order valence-electron chi connectivity index (χ3n) is 1.41. The van der Waals surface area contributed by atoms with Crippen molar-refractivity contribution >= 4 is 11.6 Å². The van der Waals surface area contributed by atoms with Crippen LogP contribution in [0.5, 0.6) is 0 Å². The smallest absolute Gasteiger partial charge is 0.0621 e. The van der Waals surface area contributed by atoms with Crippen molar-refractivity contribution in [1.29, 1.82) is 0 Å². The summed E-state index contributed by atoms with van der Waals surface area (Å²) in [6.45, 7) is 7.98. The fourth-order valence-electron chi connectivity index (χ4n) is 0.597. The van der Waals surface area contributed by atoms with E-state index >= 15 is 0 Å². The van der Waals surface area contributed by atoms with Gasteiger partial charge in [-0.1, -0.05) is 25.4 Å². The standard InChI is InChI=1S/C7H8ClN.C2H6/c1-5-3-9-4-7(8)6(5)2;1-2/h3-4H,1-2H3;1-2H3. The van der Waals surface area contributed by atoms with Gasteiger partial charge in [-0.3, -0.25) is 4.98 Å². The van der Waals surface area contributed by atoms with Gasteiger partial charge >= 0.3 is 0 Å². The summed E-state index contributed by atoms with van der Waals surface area (Å²) >= 11 is 5.75. The van der Waals surface area contributed by atoms with Gasteiger partial charge in [0.25, 0.3) is 0 Å². The average Bonchev–Trinajstić information content (AvgIpc) is 2.04. The molecule has 2 heteroatoms. The molecule has 62 valence electrons. The predicted octanol–water partition coefficient (Wildman–Crippen LogP) is 3.38. The zero-order valence-corrected chi connectivity index (χ0v) is 8.24.